The highest BCUT2D eigenvalue weighted by molar-refractivity contribution is 5.85. The van der Waals surface area contributed by atoms with E-state index in [4.69, 9.17) is 4.74 Å². The minimum absolute atomic E-state index is 0. The highest BCUT2D eigenvalue weighted by Gasteiger charge is 2.47. The second-order valence-electron chi connectivity index (χ2n) is 8.56. The fourth-order valence-corrected chi connectivity index (χ4v) is 5.33. The van der Waals surface area contributed by atoms with E-state index in [0.29, 0.717) is 30.8 Å². The van der Waals surface area contributed by atoms with E-state index in [2.05, 4.69) is 44.6 Å². The van der Waals surface area contributed by atoms with Crippen molar-refractivity contribution in [3.8, 4) is 5.75 Å². The lowest BCUT2D eigenvalue weighted by atomic mass is 9.89. The number of ether oxygens (including phenoxy) is 1. The van der Waals surface area contributed by atoms with Crippen LogP contribution in [0.4, 0.5) is 0 Å². The Morgan fingerprint density at radius 3 is 2.56 bits per heavy atom. The third-order valence-corrected chi connectivity index (χ3v) is 6.80. The Balaban J connectivity index is 0.00000144. The van der Waals surface area contributed by atoms with E-state index in [1.807, 2.05) is 36.7 Å². The first-order chi connectivity index (χ1) is 14.6. The molecule has 172 valence electrons. The van der Waals surface area contributed by atoms with Gasteiger partial charge in [-0.25, -0.2) is 4.98 Å². The molecule has 5 rings (SSSR count). The van der Waals surface area contributed by atoms with Gasteiger partial charge in [-0.05, 0) is 42.8 Å². The Morgan fingerprint density at radius 2 is 1.81 bits per heavy atom. The maximum Gasteiger partial charge on any atom is 0.224 e. The summed E-state index contributed by atoms with van der Waals surface area (Å²) in [5.74, 6) is 2.16. The Hall–Kier alpha value is -2.28. The third kappa shape index (κ3) is 4.45. The van der Waals surface area contributed by atoms with Crippen molar-refractivity contribution in [1.82, 2.24) is 19.4 Å². The highest BCUT2D eigenvalue weighted by atomic mass is 35.5. The van der Waals surface area contributed by atoms with Crippen LogP contribution in [0.5, 0.6) is 5.75 Å². The van der Waals surface area contributed by atoms with E-state index in [-0.39, 0.29) is 30.7 Å². The number of amides is 1. The van der Waals surface area contributed by atoms with Gasteiger partial charge < -0.3 is 14.2 Å². The van der Waals surface area contributed by atoms with Crippen molar-refractivity contribution >= 4 is 41.8 Å². The molecule has 0 unspecified atom stereocenters. The number of hydrogen-bond donors (Lipinski definition) is 0. The molecule has 2 saturated heterocycles. The first-order valence-electron chi connectivity index (χ1n) is 10.7. The summed E-state index contributed by atoms with van der Waals surface area (Å²) >= 11 is 0. The largest absolute Gasteiger partial charge is 0.497 e. The predicted octanol–water partition coefficient (Wildman–Crippen LogP) is 4.04. The standard InChI is InChI=1S/C24H28N4O2.2ClH/c1-26-13-18-14-28(15-20(18)24(26)17-7-9-19(30-2)10-8-17)23(29)11-12-27-16-25-21-5-3-4-6-22(21)27;;/h3-10,16,18,20,24H,11-15H2,1-2H3;2*1H/t18-,20+,24+;;/m0../s1. The normalized spacial score (nSPS) is 22.3. The molecular formula is C24H30Cl2N4O2. The van der Waals surface area contributed by atoms with Gasteiger partial charge in [0.2, 0.25) is 5.91 Å². The molecule has 0 N–H and O–H groups in total. The smallest absolute Gasteiger partial charge is 0.224 e. The maximum atomic E-state index is 13.0. The number of aromatic nitrogens is 2. The fraction of sp³-hybridized carbons (Fsp3) is 0.417. The predicted molar refractivity (Wildman–Crippen MR) is 131 cm³/mol. The molecule has 3 heterocycles. The molecule has 32 heavy (non-hydrogen) atoms. The SMILES string of the molecule is COc1ccc([C@@H]2[C@@H]3CN(C(=O)CCn4cnc5ccccc54)C[C@@H]3CN2C)cc1.Cl.Cl. The van der Waals surface area contributed by atoms with Gasteiger partial charge in [-0.15, -0.1) is 24.8 Å². The monoisotopic (exact) mass is 476 g/mol. The molecule has 0 radical (unpaired) electrons. The minimum Gasteiger partial charge on any atom is -0.497 e. The van der Waals surface area contributed by atoms with E-state index >= 15 is 0 Å². The number of benzene rings is 2. The van der Waals surface area contributed by atoms with Crippen LogP contribution in [0.25, 0.3) is 11.0 Å². The average Bonchev–Trinajstić information content (AvgIpc) is 3.44. The number of methoxy groups -OCH3 is 1. The molecular weight excluding hydrogens is 447 g/mol. The lowest BCUT2D eigenvalue weighted by Crippen LogP contribution is -2.33. The molecule has 1 amide bonds. The number of aryl methyl sites for hydroxylation is 1. The van der Waals surface area contributed by atoms with Crippen molar-refractivity contribution < 1.29 is 9.53 Å². The summed E-state index contributed by atoms with van der Waals surface area (Å²) in [6.45, 7) is 3.42. The molecule has 2 aliphatic rings. The fourth-order valence-electron chi connectivity index (χ4n) is 5.33. The summed E-state index contributed by atoms with van der Waals surface area (Å²) < 4.78 is 7.39. The molecule has 2 fully saturated rings. The zero-order valence-electron chi connectivity index (χ0n) is 18.4. The summed E-state index contributed by atoms with van der Waals surface area (Å²) in [6, 6.07) is 16.8. The Morgan fingerprint density at radius 1 is 1.06 bits per heavy atom. The minimum atomic E-state index is 0. The van der Waals surface area contributed by atoms with E-state index in [1.54, 1.807) is 7.11 Å². The summed E-state index contributed by atoms with van der Waals surface area (Å²) in [5.41, 5.74) is 3.38. The Bertz CT molecular complexity index is 1060. The number of imidazole rings is 1. The van der Waals surface area contributed by atoms with Crippen molar-refractivity contribution in [1.29, 1.82) is 0 Å². The number of para-hydroxylation sites is 2. The van der Waals surface area contributed by atoms with Gasteiger partial charge in [0.25, 0.3) is 0 Å². The lowest BCUT2D eigenvalue weighted by molar-refractivity contribution is -0.130. The van der Waals surface area contributed by atoms with Crippen molar-refractivity contribution in [2.45, 2.75) is 19.0 Å². The summed E-state index contributed by atoms with van der Waals surface area (Å²) in [7, 11) is 3.89. The molecule has 0 saturated carbocycles. The van der Waals surface area contributed by atoms with Crippen LogP contribution in [0.1, 0.15) is 18.0 Å². The maximum absolute atomic E-state index is 13.0. The summed E-state index contributed by atoms with van der Waals surface area (Å²) in [5, 5.41) is 0. The number of carbonyl (C=O) groups excluding carboxylic acids is 1. The molecule has 1 aromatic heterocycles. The molecule has 0 spiro atoms. The molecule has 3 atom stereocenters. The van der Waals surface area contributed by atoms with Crippen LogP contribution in [-0.4, -0.2) is 59.0 Å². The van der Waals surface area contributed by atoms with Crippen LogP contribution in [0.2, 0.25) is 0 Å². The van der Waals surface area contributed by atoms with Gasteiger partial charge >= 0.3 is 0 Å². The van der Waals surface area contributed by atoms with Crippen LogP contribution in [-0.2, 0) is 11.3 Å². The molecule has 2 aliphatic heterocycles. The van der Waals surface area contributed by atoms with E-state index < -0.39 is 0 Å². The van der Waals surface area contributed by atoms with E-state index in [0.717, 1.165) is 36.4 Å². The molecule has 0 aliphatic carbocycles. The van der Waals surface area contributed by atoms with E-state index in [9.17, 15) is 4.79 Å². The van der Waals surface area contributed by atoms with Crippen LogP contribution < -0.4 is 4.74 Å². The van der Waals surface area contributed by atoms with Gasteiger partial charge in [-0.3, -0.25) is 9.69 Å². The van der Waals surface area contributed by atoms with Crippen molar-refractivity contribution in [2.24, 2.45) is 11.8 Å². The molecule has 3 aromatic rings. The lowest BCUT2D eigenvalue weighted by Gasteiger charge is -2.27. The zero-order chi connectivity index (χ0) is 20.7. The topological polar surface area (TPSA) is 50.6 Å². The van der Waals surface area contributed by atoms with Crippen molar-refractivity contribution in [2.75, 3.05) is 33.8 Å². The van der Waals surface area contributed by atoms with Gasteiger partial charge in [-0.2, -0.15) is 0 Å². The van der Waals surface area contributed by atoms with E-state index in [1.165, 1.54) is 5.56 Å². The first-order valence-corrected chi connectivity index (χ1v) is 10.7. The van der Waals surface area contributed by atoms with Gasteiger partial charge in [-0.1, -0.05) is 24.3 Å². The van der Waals surface area contributed by atoms with Gasteiger partial charge in [0.05, 0.1) is 24.5 Å². The zero-order valence-corrected chi connectivity index (χ0v) is 20.0. The van der Waals surface area contributed by atoms with Gasteiger partial charge in [0.15, 0.2) is 0 Å². The highest BCUT2D eigenvalue weighted by Crippen LogP contribution is 2.44. The Labute approximate surface area is 201 Å². The number of halogens is 2. The van der Waals surface area contributed by atoms with Crippen molar-refractivity contribution in [3.63, 3.8) is 0 Å². The number of fused-ring (bicyclic) bond motifs is 2. The van der Waals surface area contributed by atoms with Gasteiger partial charge in [0.1, 0.15) is 5.75 Å². The number of nitrogens with zero attached hydrogens (tertiary/aromatic N) is 4. The third-order valence-electron chi connectivity index (χ3n) is 6.80. The number of hydrogen-bond acceptors (Lipinski definition) is 4. The summed E-state index contributed by atoms with van der Waals surface area (Å²) in [6.07, 6.45) is 2.36. The second kappa shape index (κ2) is 10.1. The second-order valence-corrected chi connectivity index (χ2v) is 8.56. The Kier molecular flexibility index (Phi) is 7.70. The molecule has 8 heteroatoms. The first kappa shape index (κ1) is 24.4. The van der Waals surface area contributed by atoms with Crippen molar-refractivity contribution in [3.05, 3.63) is 60.4 Å². The quantitative estimate of drug-likeness (QED) is 0.557. The summed E-state index contributed by atoms with van der Waals surface area (Å²) in [4.78, 5) is 21.9. The van der Waals surface area contributed by atoms with Crippen LogP contribution in [0.15, 0.2) is 54.9 Å². The number of likely N-dealkylation sites (tertiary alicyclic amines) is 2. The molecule has 0 bridgehead atoms. The number of carbonyl (C=O) groups is 1. The molecule has 6 nitrogen and oxygen atoms in total. The van der Waals surface area contributed by atoms with Gasteiger partial charge in [0, 0.05) is 44.6 Å². The number of rotatable bonds is 5. The van der Waals surface area contributed by atoms with Crippen LogP contribution in [0, 0.1) is 11.8 Å². The van der Waals surface area contributed by atoms with Crippen LogP contribution >= 0.6 is 24.8 Å². The van der Waals surface area contributed by atoms with Crippen LogP contribution in [0.3, 0.4) is 0 Å². The average molecular weight is 477 g/mol. The molecule has 2 aromatic carbocycles.